The third kappa shape index (κ3) is 3.16. The molecular weight excluding hydrogens is 328 g/mol. The number of rotatable bonds is 3. The molecule has 1 amide bonds. The van der Waals surface area contributed by atoms with E-state index in [1.165, 1.54) is 28.0 Å². The molecular formula is C16H16N4OS2. The molecule has 0 bridgehead atoms. The van der Waals surface area contributed by atoms with Gasteiger partial charge in [-0.15, -0.1) is 16.4 Å². The summed E-state index contributed by atoms with van der Waals surface area (Å²) in [5, 5.41) is 9.23. The van der Waals surface area contributed by atoms with Crippen LogP contribution in [0.15, 0.2) is 17.5 Å². The average Bonchev–Trinajstić information content (AvgIpc) is 3.07. The Morgan fingerprint density at radius 3 is 2.43 bits per heavy atom. The van der Waals surface area contributed by atoms with Crippen molar-refractivity contribution < 1.29 is 4.79 Å². The summed E-state index contributed by atoms with van der Waals surface area (Å²) in [6, 6.07) is 4.29. The standard InChI is InChI=1S/C16H16N4OS2/c1-8-5-9(2)13(10(3)6-8)12-7-22-16(17-12)18-15(21)14-11(4)19-20-23-14/h5-7H,1-4H3,(H,17,18,21). The van der Waals surface area contributed by atoms with Crippen LogP contribution in [-0.4, -0.2) is 20.5 Å². The zero-order chi connectivity index (χ0) is 16.6. The molecule has 118 valence electrons. The number of amides is 1. The Morgan fingerprint density at radius 1 is 1.13 bits per heavy atom. The first-order valence-corrected chi connectivity index (χ1v) is 8.75. The van der Waals surface area contributed by atoms with Crippen LogP contribution >= 0.6 is 22.9 Å². The third-order valence-corrected chi connectivity index (χ3v) is 5.10. The van der Waals surface area contributed by atoms with Crippen molar-refractivity contribution in [2.75, 3.05) is 5.32 Å². The second kappa shape index (κ2) is 6.17. The number of hydrogen-bond acceptors (Lipinski definition) is 6. The van der Waals surface area contributed by atoms with Crippen molar-refractivity contribution in [3.63, 3.8) is 0 Å². The van der Waals surface area contributed by atoms with Crippen LogP contribution in [0, 0.1) is 27.7 Å². The molecule has 3 aromatic rings. The van der Waals surface area contributed by atoms with Gasteiger partial charge in [0.1, 0.15) is 4.88 Å². The van der Waals surface area contributed by atoms with E-state index in [-0.39, 0.29) is 5.91 Å². The van der Waals surface area contributed by atoms with Gasteiger partial charge in [-0.3, -0.25) is 10.1 Å². The lowest BCUT2D eigenvalue weighted by molar-refractivity contribution is 0.103. The zero-order valence-corrected chi connectivity index (χ0v) is 14.9. The summed E-state index contributed by atoms with van der Waals surface area (Å²) in [6.45, 7) is 8.02. The van der Waals surface area contributed by atoms with E-state index in [1.807, 2.05) is 5.38 Å². The van der Waals surface area contributed by atoms with Gasteiger partial charge in [-0.2, -0.15) is 0 Å². The molecule has 0 fully saturated rings. The molecule has 0 saturated carbocycles. The Labute approximate surface area is 142 Å². The van der Waals surface area contributed by atoms with Crippen molar-refractivity contribution in [3.8, 4) is 11.3 Å². The van der Waals surface area contributed by atoms with Gasteiger partial charge in [0.15, 0.2) is 5.13 Å². The molecule has 1 aromatic carbocycles. The minimum absolute atomic E-state index is 0.212. The lowest BCUT2D eigenvalue weighted by Gasteiger charge is -2.08. The number of benzene rings is 1. The van der Waals surface area contributed by atoms with Crippen LogP contribution in [0.2, 0.25) is 0 Å². The van der Waals surface area contributed by atoms with Crippen LogP contribution in [0.5, 0.6) is 0 Å². The first kappa shape index (κ1) is 15.8. The number of hydrogen-bond donors (Lipinski definition) is 1. The maximum Gasteiger partial charge on any atom is 0.271 e. The zero-order valence-electron chi connectivity index (χ0n) is 13.3. The first-order valence-electron chi connectivity index (χ1n) is 7.09. The van der Waals surface area contributed by atoms with Crippen LogP contribution in [0.4, 0.5) is 5.13 Å². The Balaban J connectivity index is 1.87. The number of thiazole rings is 1. The maximum absolute atomic E-state index is 12.2. The highest BCUT2D eigenvalue weighted by Crippen LogP contribution is 2.31. The second-order valence-electron chi connectivity index (χ2n) is 5.45. The smallest absolute Gasteiger partial charge is 0.271 e. The number of carbonyl (C=O) groups is 1. The van der Waals surface area contributed by atoms with E-state index in [1.54, 1.807) is 6.92 Å². The molecule has 5 nitrogen and oxygen atoms in total. The number of nitrogens with one attached hydrogen (secondary N) is 1. The van der Waals surface area contributed by atoms with E-state index in [4.69, 9.17) is 0 Å². The maximum atomic E-state index is 12.2. The predicted octanol–water partition coefficient (Wildman–Crippen LogP) is 4.15. The molecule has 0 radical (unpaired) electrons. The predicted molar refractivity (Wildman–Crippen MR) is 94.4 cm³/mol. The van der Waals surface area contributed by atoms with Gasteiger partial charge in [0.25, 0.3) is 5.91 Å². The second-order valence-corrected chi connectivity index (χ2v) is 7.07. The van der Waals surface area contributed by atoms with Crippen molar-refractivity contribution >= 4 is 33.9 Å². The summed E-state index contributed by atoms with van der Waals surface area (Å²) in [6.07, 6.45) is 0. The minimum Gasteiger partial charge on any atom is -0.297 e. The average molecular weight is 344 g/mol. The number of anilines is 1. The third-order valence-electron chi connectivity index (χ3n) is 3.52. The van der Waals surface area contributed by atoms with E-state index in [0.29, 0.717) is 15.7 Å². The first-order chi connectivity index (χ1) is 11.0. The fraction of sp³-hybridized carbons (Fsp3) is 0.250. The quantitative estimate of drug-likeness (QED) is 0.775. The number of nitrogens with zero attached hydrogens (tertiary/aromatic N) is 3. The molecule has 0 aliphatic rings. The summed E-state index contributed by atoms with van der Waals surface area (Å²) >= 11 is 2.51. The van der Waals surface area contributed by atoms with Gasteiger partial charge >= 0.3 is 0 Å². The lowest BCUT2D eigenvalue weighted by Crippen LogP contribution is -2.11. The van der Waals surface area contributed by atoms with E-state index < -0.39 is 0 Å². The molecule has 3 rings (SSSR count). The number of carbonyl (C=O) groups excluding carboxylic acids is 1. The topological polar surface area (TPSA) is 67.8 Å². The van der Waals surface area contributed by atoms with Crippen molar-refractivity contribution in [1.29, 1.82) is 0 Å². The van der Waals surface area contributed by atoms with Crippen LogP contribution in [0.1, 0.15) is 32.1 Å². The molecule has 2 heterocycles. The molecule has 0 saturated heterocycles. The molecule has 0 aliphatic heterocycles. The van der Waals surface area contributed by atoms with E-state index in [0.717, 1.165) is 22.8 Å². The van der Waals surface area contributed by atoms with Gasteiger partial charge in [-0.05, 0) is 50.4 Å². The van der Waals surface area contributed by atoms with Crippen molar-refractivity contribution in [1.82, 2.24) is 14.6 Å². The molecule has 0 unspecified atom stereocenters. The lowest BCUT2D eigenvalue weighted by atomic mass is 9.98. The van der Waals surface area contributed by atoms with E-state index in [9.17, 15) is 4.79 Å². The van der Waals surface area contributed by atoms with Crippen LogP contribution < -0.4 is 5.32 Å². The fourth-order valence-electron chi connectivity index (χ4n) is 2.62. The highest BCUT2D eigenvalue weighted by Gasteiger charge is 2.16. The van der Waals surface area contributed by atoms with Gasteiger partial charge in [-0.1, -0.05) is 22.2 Å². The normalized spacial score (nSPS) is 10.8. The van der Waals surface area contributed by atoms with Crippen LogP contribution in [0.3, 0.4) is 0 Å². The van der Waals surface area contributed by atoms with E-state index >= 15 is 0 Å². The van der Waals surface area contributed by atoms with Gasteiger partial charge in [0.05, 0.1) is 11.4 Å². The summed E-state index contributed by atoms with van der Waals surface area (Å²) < 4.78 is 3.78. The molecule has 7 heteroatoms. The largest absolute Gasteiger partial charge is 0.297 e. The summed E-state index contributed by atoms with van der Waals surface area (Å²) in [7, 11) is 0. The monoisotopic (exact) mass is 344 g/mol. The molecule has 23 heavy (non-hydrogen) atoms. The van der Waals surface area contributed by atoms with Crippen molar-refractivity contribution in [3.05, 3.63) is 44.8 Å². The minimum atomic E-state index is -0.212. The fourth-order valence-corrected chi connectivity index (χ4v) is 3.87. The van der Waals surface area contributed by atoms with Gasteiger partial charge in [-0.25, -0.2) is 4.98 Å². The summed E-state index contributed by atoms with van der Waals surface area (Å²) in [4.78, 5) is 17.3. The molecule has 0 aliphatic carbocycles. The van der Waals surface area contributed by atoms with Gasteiger partial charge in [0, 0.05) is 10.9 Å². The van der Waals surface area contributed by atoms with Gasteiger partial charge in [0.2, 0.25) is 0 Å². The molecule has 0 spiro atoms. The Kier molecular flexibility index (Phi) is 4.23. The Morgan fingerprint density at radius 2 is 1.83 bits per heavy atom. The van der Waals surface area contributed by atoms with Crippen molar-refractivity contribution in [2.24, 2.45) is 0 Å². The number of aromatic nitrogens is 3. The molecule has 1 N–H and O–H groups in total. The summed E-state index contributed by atoms with van der Waals surface area (Å²) in [5.41, 5.74) is 6.26. The highest BCUT2D eigenvalue weighted by molar-refractivity contribution is 7.14. The Hall–Kier alpha value is -2.12. The van der Waals surface area contributed by atoms with Crippen LogP contribution in [0.25, 0.3) is 11.3 Å². The molecule has 0 atom stereocenters. The number of aryl methyl sites for hydroxylation is 4. The Bertz CT molecular complexity index is 859. The summed E-state index contributed by atoms with van der Waals surface area (Å²) in [5.74, 6) is -0.212. The molecule has 2 aromatic heterocycles. The van der Waals surface area contributed by atoms with Gasteiger partial charge < -0.3 is 0 Å². The highest BCUT2D eigenvalue weighted by atomic mass is 32.1. The SMILES string of the molecule is Cc1cc(C)c(-c2csc(NC(=O)c3snnc3C)n2)c(C)c1. The van der Waals surface area contributed by atoms with E-state index in [2.05, 4.69) is 52.8 Å². The van der Waals surface area contributed by atoms with Crippen LogP contribution in [-0.2, 0) is 0 Å². The van der Waals surface area contributed by atoms with Crippen molar-refractivity contribution in [2.45, 2.75) is 27.7 Å².